The molecule has 2 heteroatoms. The Morgan fingerprint density at radius 2 is 1.81 bits per heavy atom. The van der Waals surface area contributed by atoms with Crippen LogP contribution in [0.3, 0.4) is 0 Å². The molecule has 2 heterocycles. The summed E-state index contributed by atoms with van der Waals surface area (Å²) in [6.45, 7) is 11.6. The second kappa shape index (κ2) is 4.69. The van der Waals surface area contributed by atoms with Gasteiger partial charge < -0.3 is 9.22 Å². The van der Waals surface area contributed by atoms with E-state index in [0.29, 0.717) is 12.1 Å². The largest absolute Gasteiger partial charge is 0.363 e. The molecule has 0 saturated carbocycles. The van der Waals surface area contributed by atoms with Gasteiger partial charge in [0.1, 0.15) is 11.6 Å². The highest BCUT2D eigenvalue weighted by atomic mass is 16.5. The Morgan fingerprint density at radius 1 is 1.19 bits per heavy atom. The number of benzene rings is 1. The topological polar surface area (TPSA) is 9.23 Å². The molecule has 1 aromatic rings. The van der Waals surface area contributed by atoms with Gasteiger partial charge in [0.15, 0.2) is 0 Å². The van der Waals surface area contributed by atoms with Crippen LogP contribution in [0.25, 0.3) is 0 Å². The Morgan fingerprint density at radius 3 is 2.33 bits per heavy atom. The van der Waals surface area contributed by atoms with Crippen molar-refractivity contribution in [3.63, 3.8) is 0 Å². The van der Waals surface area contributed by atoms with Crippen LogP contribution in [0.5, 0.6) is 0 Å². The van der Waals surface area contributed by atoms with Gasteiger partial charge >= 0.3 is 0 Å². The summed E-state index contributed by atoms with van der Waals surface area (Å²) in [5, 5.41) is 0. The van der Waals surface area contributed by atoms with E-state index in [-0.39, 0.29) is 5.60 Å². The van der Waals surface area contributed by atoms with E-state index in [1.165, 1.54) is 22.3 Å². The Balaban J connectivity index is 2.12. The van der Waals surface area contributed by atoms with Gasteiger partial charge in [0, 0.05) is 18.4 Å². The lowest BCUT2D eigenvalue weighted by atomic mass is 9.84. The van der Waals surface area contributed by atoms with Gasteiger partial charge in [-0.3, -0.25) is 0 Å². The maximum absolute atomic E-state index is 6.35. The van der Waals surface area contributed by atoms with E-state index in [9.17, 15) is 0 Å². The zero-order valence-corrected chi connectivity index (χ0v) is 14.1. The van der Waals surface area contributed by atoms with Gasteiger partial charge in [-0.15, -0.1) is 0 Å². The van der Waals surface area contributed by atoms with Gasteiger partial charge in [-0.25, -0.2) is 0 Å². The molecule has 21 heavy (non-hydrogen) atoms. The summed E-state index contributed by atoms with van der Waals surface area (Å²) in [5.41, 5.74) is 5.31. The van der Waals surface area contributed by atoms with Crippen LogP contribution < -0.4 is 0 Å². The van der Waals surface area contributed by atoms with Gasteiger partial charge in [0.25, 0.3) is 0 Å². The van der Waals surface area contributed by atoms with E-state index in [1.54, 1.807) is 0 Å². The molecule has 2 aliphatic rings. The molecule has 0 bridgehead atoms. The summed E-state index contributed by atoms with van der Waals surface area (Å²) in [6, 6.07) is 7.94. The number of aryl methyl sites for hydroxylation is 2. The second-order valence-electron chi connectivity index (χ2n) is 7.79. The van der Waals surface area contributed by atoms with Crippen LogP contribution >= 0.6 is 0 Å². The number of likely N-dealkylation sites (N-methyl/N-ethyl adjacent to an activating group) is 1. The third-order valence-corrected chi connectivity index (χ3v) is 5.61. The fourth-order valence-corrected chi connectivity index (χ4v) is 4.64. The van der Waals surface area contributed by atoms with E-state index in [0.717, 1.165) is 23.9 Å². The molecule has 2 aliphatic heterocycles. The van der Waals surface area contributed by atoms with Gasteiger partial charge in [-0.2, -0.15) is 0 Å². The lowest BCUT2D eigenvalue weighted by Gasteiger charge is -2.40. The predicted molar refractivity (Wildman–Crippen MR) is 87.3 cm³/mol. The smallest absolute Gasteiger partial charge is 0.144 e. The van der Waals surface area contributed by atoms with Crippen LogP contribution in [0.2, 0.25) is 0 Å². The van der Waals surface area contributed by atoms with Crippen LogP contribution in [0, 0.1) is 13.8 Å². The van der Waals surface area contributed by atoms with Crippen molar-refractivity contribution in [2.24, 2.45) is 0 Å². The molecule has 1 spiro atoms. The zero-order chi connectivity index (χ0) is 15.4. The van der Waals surface area contributed by atoms with Crippen molar-refractivity contribution in [2.45, 2.75) is 51.3 Å². The molecule has 3 unspecified atom stereocenters. The maximum Gasteiger partial charge on any atom is 0.144 e. The number of rotatable bonds is 1. The highest BCUT2D eigenvalue weighted by molar-refractivity contribution is 5.33. The number of nitrogens with zero attached hydrogens (tertiary/aromatic N) is 1. The SMILES string of the molecule is C=C1COC2(C1)CC(C)[N+](C)(C)C2c1cc(C)cc(C)c1. The third-order valence-electron chi connectivity index (χ3n) is 5.61. The minimum absolute atomic E-state index is 0.0553. The quantitative estimate of drug-likeness (QED) is 0.561. The van der Waals surface area contributed by atoms with Crippen molar-refractivity contribution in [2.75, 3.05) is 20.7 Å². The van der Waals surface area contributed by atoms with E-state index < -0.39 is 0 Å². The van der Waals surface area contributed by atoms with E-state index in [2.05, 4.69) is 59.6 Å². The molecule has 2 saturated heterocycles. The first-order valence-electron chi connectivity index (χ1n) is 7.97. The fraction of sp³-hybridized carbons (Fsp3) is 0.579. The van der Waals surface area contributed by atoms with Crippen molar-refractivity contribution in [3.8, 4) is 0 Å². The summed E-state index contributed by atoms with van der Waals surface area (Å²) in [4.78, 5) is 0. The number of quaternary nitrogens is 1. The molecule has 0 aliphatic carbocycles. The highest BCUT2D eigenvalue weighted by Crippen LogP contribution is 2.54. The number of likely N-dealkylation sites (tertiary alicyclic amines) is 1. The first-order chi connectivity index (χ1) is 9.74. The molecule has 0 amide bonds. The fourth-order valence-electron chi connectivity index (χ4n) is 4.64. The van der Waals surface area contributed by atoms with Crippen LogP contribution in [-0.2, 0) is 4.74 Å². The summed E-state index contributed by atoms with van der Waals surface area (Å²) < 4.78 is 7.35. The first kappa shape index (κ1) is 14.8. The third kappa shape index (κ3) is 2.25. The maximum atomic E-state index is 6.35. The average Bonchev–Trinajstić information content (AvgIpc) is 2.77. The van der Waals surface area contributed by atoms with Crippen LogP contribution in [-0.4, -0.2) is 36.8 Å². The van der Waals surface area contributed by atoms with E-state index >= 15 is 0 Å². The average molecular weight is 286 g/mol. The van der Waals surface area contributed by atoms with Crippen molar-refractivity contribution in [1.29, 1.82) is 0 Å². The van der Waals surface area contributed by atoms with Gasteiger partial charge in [0.05, 0.1) is 26.7 Å². The molecule has 0 N–H and O–H groups in total. The Labute approximate surface area is 129 Å². The predicted octanol–water partition coefficient (Wildman–Crippen LogP) is 3.93. The minimum atomic E-state index is -0.0553. The standard InChI is InChI=1S/C19H28NO/c1-13-7-14(2)9-17(8-13)18-19(10-15(3)12-21-19)11-16(4)20(18,5)6/h7-9,16,18H,3,10-12H2,1-2,4-6H3/q+1. The zero-order valence-electron chi connectivity index (χ0n) is 14.1. The van der Waals surface area contributed by atoms with Crippen LogP contribution in [0.4, 0.5) is 0 Å². The Kier molecular flexibility index (Phi) is 3.30. The number of hydrogen-bond acceptors (Lipinski definition) is 1. The summed E-state index contributed by atoms with van der Waals surface area (Å²) in [7, 11) is 4.71. The normalized spacial score (nSPS) is 34.8. The minimum Gasteiger partial charge on any atom is -0.363 e. The molecule has 0 aromatic heterocycles. The van der Waals surface area contributed by atoms with Crippen molar-refractivity contribution >= 4 is 0 Å². The Bertz CT molecular complexity index is 569. The lowest BCUT2D eigenvalue weighted by molar-refractivity contribution is -0.932. The summed E-state index contributed by atoms with van der Waals surface area (Å²) in [5.74, 6) is 0. The second-order valence-corrected chi connectivity index (χ2v) is 7.79. The summed E-state index contributed by atoms with van der Waals surface area (Å²) >= 11 is 0. The van der Waals surface area contributed by atoms with Gasteiger partial charge in [-0.05, 0) is 26.3 Å². The van der Waals surface area contributed by atoms with Crippen molar-refractivity contribution in [3.05, 3.63) is 47.0 Å². The first-order valence-corrected chi connectivity index (χ1v) is 7.97. The van der Waals surface area contributed by atoms with Gasteiger partial charge in [0.2, 0.25) is 0 Å². The molecular formula is C19H28NO+. The molecule has 3 atom stereocenters. The van der Waals surface area contributed by atoms with Crippen LogP contribution in [0.1, 0.15) is 42.5 Å². The molecule has 1 aromatic carbocycles. The van der Waals surface area contributed by atoms with E-state index in [4.69, 9.17) is 4.74 Å². The lowest BCUT2D eigenvalue weighted by Crippen LogP contribution is -2.48. The highest BCUT2D eigenvalue weighted by Gasteiger charge is 2.61. The van der Waals surface area contributed by atoms with Crippen molar-refractivity contribution in [1.82, 2.24) is 0 Å². The molecule has 2 nitrogen and oxygen atoms in total. The summed E-state index contributed by atoms with van der Waals surface area (Å²) in [6.07, 6.45) is 2.13. The molecule has 0 radical (unpaired) electrons. The molecule has 114 valence electrons. The van der Waals surface area contributed by atoms with Crippen molar-refractivity contribution < 1.29 is 9.22 Å². The molecular weight excluding hydrogens is 258 g/mol. The molecule has 2 fully saturated rings. The number of hydrogen-bond donors (Lipinski definition) is 0. The van der Waals surface area contributed by atoms with Crippen LogP contribution in [0.15, 0.2) is 30.4 Å². The van der Waals surface area contributed by atoms with E-state index in [1.807, 2.05) is 0 Å². The number of ether oxygens (including phenoxy) is 1. The van der Waals surface area contributed by atoms with Gasteiger partial charge in [-0.1, -0.05) is 35.9 Å². The molecule has 3 rings (SSSR count). The monoisotopic (exact) mass is 286 g/mol. The Hall–Kier alpha value is -1.12.